The summed E-state index contributed by atoms with van der Waals surface area (Å²) in [4.78, 5) is 2.33. The Balaban J connectivity index is 2.08. The molecule has 1 aliphatic rings. The first kappa shape index (κ1) is 9.52. The highest BCUT2D eigenvalue weighted by molar-refractivity contribution is 5.18. The largest absolute Gasteiger partial charge is 0.493 e. The number of aromatic nitrogens is 2. The van der Waals surface area contributed by atoms with Crippen molar-refractivity contribution in [2.24, 2.45) is 7.05 Å². The van der Waals surface area contributed by atoms with Crippen molar-refractivity contribution in [1.29, 1.82) is 0 Å². The number of aromatic hydroxyl groups is 1. The summed E-state index contributed by atoms with van der Waals surface area (Å²) in [5.74, 6) is 0.789. The Morgan fingerprint density at radius 3 is 2.50 bits per heavy atom. The molecule has 0 aliphatic carbocycles. The average Bonchev–Trinajstić information content (AvgIpc) is 2.48. The van der Waals surface area contributed by atoms with E-state index in [1.54, 1.807) is 13.1 Å². The quantitative estimate of drug-likeness (QED) is 0.725. The number of nitrogens with zero attached hydrogens (tertiary/aromatic N) is 3. The summed E-state index contributed by atoms with van der Waals surface area (Å²) in [7, 11) is 3.92. The second-order valence-corrected chi connectivity index (χ2v) is 4.13. The van der Waals surface area contributed by atoms with E-state index in [1.807, 2.05) is 0 Å². The molecule has 1 aromatic rings. The van der Waals surface area contributed by atoms with Gasteiger partial charge in [0.2, 0.25) is 5.88 Å². The molecular weight excluding hydrogens is 178 g/mol. The van der Waals surface area contributed by atoms with E-state index in [4.69, 9.17) is 0 Å². The van der Waals surface area contributed by atoms with Crippen molar-refractivity contribution in [1.82, 2.24) is 14.7 Å². The molecule has 1 N–H and O–H groups in total. The van der Waals surface area contributed by atoms with Crippen molar-refractivity contribution >= 4 is 0 Å². The topological polar surface area (TPSA) is 41.3 Å². The number of rotatable bonds is 1. The molecule has 0 amide bonds. The van der Waals surface area contributed by atoms with Gasteiger partial charge in [0.25, 0.3) is 0 Å². The fraction of sp³-hybridized carbons (Fsp3) is 0.700. The number of piperidine rings is 1. The second-order valence-electron chi connectivity index (χ2n) is 4.13. The molecule has 14 heavy (non-hydrogen) atoms. The van der Waals surface area contributed by atoms with Crippen LogP contribution in [0, 0.1) is 0 Å². The molecule has 1 saturated heterocycles. The SMILES string of the molecule is CN1CCC(c2cc(O)n(C)n2)CC1. The van der Waals surface area contributed by atoms with Crippen LogP contribution in [0.25, 0.3) is 0 Å². The van der Waals surface area contributed by atoms with Crippen molar-refractivity contribution in [2.75, 3.05) is 20.1 Å². The van der Waals surface area contributed by atoms with Gasteiger partial charge in [-0.15, -0.1) is 0 Å². The highest BCUT2D eigenvalue weighted by atomic mass is 16.3. The predicted octanol–water partition coefficient (Wildman–Crippen LogP) is 0.935. The van der Waals surface area contributed by atoms with Crippen molar-refractivity contribution in [3.63, 3.8) is 0 Å². The molecule has 0 spiro atoms. The van der Waals surface area contributed by atoms with Crippen molar-refractivity contribution in [3.05, 3.63) is 11.8 Å². The smallest absolute Gasteiger partial charge is 0.209 e. The molecule has 1 aliphatic heterocycles. The van der Waals surface area contributed by atoms with Crippen LogP contribution in [0.15, 0.2) is 6.07 Å². The summed E-state index contributed by atoms with van der Waals surface area (Å²) in [5.41, 5.74) is 1.04. The molecule has 0 atom stereocenters. The van der Waals surface area contributed by atoms with E-state index in [-0.39, 0.29) is 5.88 Å². The fourth-order valence-electron chi connectivity index (χ4n) is 1.98. The predicted molar refractivity (Wildman–Crippen MR) is 54.3 cm³/mol. The third-order valence-corrected chi connectivity index (χ3v) is 3.01. The zero-order chi connectivity index (χ0) is 10.1. The van der Waals surface area contributed by atoms with Crippen LogP contribution in [0.5, 0.6) is 5.88 Å². The minimum atomic E-state index is 0.263. The molecule has 4 heteroatoms. The van der Waals surface area contributed by atoms with Crippen molar-refractivity contribution in [2.45, 2.75) is 18.8 Å². The molecule has 0 saturated carbocycles. The lowest BCUT2D eigenvalue weighted by atomic mass is 9.94. The standard InChI is InChI=1S/C10H17N3O/c1-12-5-3-8(4-6-12)9-7-10(14)13(2)11-9/h7-8,14H,3-6H2,1-2H3. The van der Waals surface area contributed by atoms with E-state index < -0.39 is 0 Å². The minimum absolute atomic E-state index is 0.263. The normalized spacial score (nSPS) is 20.1. The number of likely N-dealkylation sites (tertiary alicyclic amines) is 1. The van der Waals surface area contributed by atoms with Gasteiger partial charge in [0, 0.05) is 19.0 Å². The van der Waals surface area contributed by atoms with Gasteiger partial charge < -0.3 is 10.0 Å². The van der Waals surface area contributed by atoms with E-state index >= 15 is 0 Å². The molecule has 1 fully saturated rings. The Hall–Kier alpha value is -1.03. The first-order valence-corrected chi connectivity index (χ1v) is 5.08. The van der Waals surface area contributed by atoms with Crippen molar-refractivity contribution < 1.29 is 5.11 Å². The summed E-state index contributed by atoms with van der Waals surface area (Å²) in [6.45, 7) is 2.25. The van der Waals surface area contributed by atoms with E-state index in [9.17, 15) is 5.11 Å². The monoisotopic (exact) mass is 195 g/mol. The molecule has 0 bridgehead atoms. The summed E-state index contributed by atoms with van der Waals surface area (Å²) >= 11 is 0. The van der Waals surface area contributed by atoms with Gasteiger partial charge in [-0.1, -0.05) is 0 Å². The summed E-state index contributed by atoms with van der Waals surface area (Å²) in [5, 5.41) is 13.7. The van der Waals surface area contributed by atoms with Crippen LogP contribution in [-0.4, -0.2) is 39.9 Å². The van der Waals surface area contributed by atoms with Crippen LogP contribution in [-0.2, 0) is 7.05 Å². The Morgan fingerprint density at radius 1 is 1.36 bits per heavy atom. The lowest BCUT2D eigenvalue weighted by molar-refractivity contribution is 0.253. The first-order valence-electron chi connectivity index (χ1n) is 5.08. The summed E-state index contributed by atoms with van der Waals surface area (Å²) in [6, 6.07) is 1.79. The number of aryl methyl sites for hydroxylation is 1. The molecular formula is C10H17N3O. The van der Waals surface area contributed by atoms with Crippen LogP contribution in [0.4, 0.5) is 0 Å². The summed E-state index contributed by atoms with van der Waals surface area (Å²) in [6.07, 6.45) is 2.29. The van der Waals surface area contributed by atoms with Gasteiger partial charge in [-0.25, -0.2) is 4.68 Å². The molecule has 0 aromatic carbocycles. The van der Waals surface area contributed by atoms with Gasteiger partial charge in [-0.05, 0) is 33.0 Å². The van der Waals surface area contributed by atoms with Gasteiger partial charge in [0.15, 0.2) is 0 Å². The Labute approximate surface area is 84.1 Å². The molecule has 2 heterocycles. The average molecular weight is 195 g/mol. The van der Waals surface area contributed by atoms with Gasteiger partial charge in [-0.2, -0.15) is 5.10 Å². The van der Waals surface area contributed by atoms with E-state index in [2.05, 4.69) is 17.0 Å². The zero-order valence-electron chi connectivity index (χ0n) is 8.77. The van der Waals surface area contributed by atoms with Crippen LogP contribution < -0.4 is 0 Å². The number of hydrogen-bond donors (Lipinski definition) is 1. The van der Waals surface area contributed by atoms with Gasteiger partial charge in [0.05, 0.1) is 5.69 Å². The molecule has 4 nitrogen and oxygen atoms in total. The third kappa shape index (κ3) is 1.75. The second kappa shape index (κ2) is 3.61. The lowest BCUT2D eigenvalue weighted by Gasteiger charge is -2.27. The van der Waals surface area contributed by atoms with Crippen molar-refractivity contribution in [3.8, 4) is 5.88 Å². The van der Waals surface area contributed by atoms with Gasteiger partial charge >= 0.3 is 0 Å². The van der Waals surface area contributed by atoms with Crippen LogP contribution in [0.1, 0.15) is 24.5 Å². The molecule has 0 unspecified atom stereocenters. The lowest BCUT2D eigenvalue weighted by Crippen LogP contribution is -2.29. The van der Waals surface area contributed by atoms with Gasteiger partial charge in [-0.3, -0.25) is 0 Å². The van der Waals surface area contributed by atoms with E-state index in [0.717, 1.165) is 31.6 Å². The van der Waals surface area contributed by atoms with Crippen LogP contribution >= 0.6 is 0 Å². The Bertz CT molecular complexity index is 294. The fourth-order valence-corrected chi connectivity index (χ4v) is 1.98. The summed E-state index contributed by atoms with van der Waals surface area (Å²) < 4.78 is 1.54. The Kier molecular flexibility index (Phi) is 2.46. The third-order valence-electron chi connectivity index (χ3n) is 3.01. The molecule has 0 radical (unpaired) electrons. The molecule has 78 valence electrons. The van der Waals surface area contributed by atoms with Gasteiger partial charge in [0.1, 0.15) is 0 Å². The van der Waals surface area contributed by atoms with Crippen LogP contribution in [0.2, 0.25) is 0 Å². The highest BCUT2D eigenvalue weighted by Crippen LogP contribution is 2.28. The minimum Gasteiger partial charge on any atom is -0.493 e. The van der Waals surface area contributed by atoms with E-state index in [0.29, 0.717) is 5.92 Å². The first-order chi connectivity index (χ1) is 6.66. The maximum Gasteiger partial charge on any atom is 0.209 e. The molecule has 2 rings (SSSR count). The highest BCUT2D eigenvalue weighted by Gasteiger charge is 2.21. The zero-order valence-corrected chi connectivity index (χ0v) is 8.77. The maximum atomic E-state index is 9.41. The van der Waals surface area contributed by atoms with E-state index in [1.165, 1.54) is 4.68 Å². The van der Waals surface area contributed by atoms with Crippen LogP contribution in [0.3, 0.4) is 0 Å². The maximum absolute atomic E-state index is 9.41. The molecule has 1 aromatic heterocycles. The Morgan fingerprint density at radius 2 is 2.00 bits per heavy atom. The number of hydrogen-bond acceptors (Lipinski definition) is 3.